The molecule has 0 amide bonds. The Morgan fingerprint density at radius 3 is 2.16 bits per heavy atom. The second-order valence-corrected chi connectivity index (χ2v) is 11.0. The van der Waals surface area contributed by atoms with Crippen molar-refractivity contribution in [1.29, 1.82) is 0 Å². The first-order valence-electron chi connectivity index (χ1n) is 13.5. The molecule has 9 heteroatoms. The van der Waals surface area contributed by atoms with Gasteiger partial charge in [-0.3, -0.25) is 14.9 Å². The molecular weight excluding hydrogens is 468 g/mol. The number of fused-ring (bicyclic) bond motifs is 1. The summed E-state index contributed by atoms with van der Waals surface area (Å²) in [5.74, 6) is 0. The van der Waals surface area contributed by atoms with Crippen LogP contribution in [0, 0.1) is 15.5 Å². The normalized spacial score (nSPS) is 21.0. The highest BCUT2D eigenvalue weighted by molar-refractivity contribution is 5.84. The highest BCUT2D eigenvalue weighted by atomic mass is 16.6. The molecule has 3 fully saturated rings. The number of nitrogens with one attached hydrogen (secondary N) is 1. The van der Waals surface area contributed by atoms with E-state index in [0.717, 1.165) is 55.8 Å². The molecule has 194 valence electrons. The van der Waals surface area contributed by atoms with E-state index in [9.17, 15) is 14.9 Å². The fourth-order valence-corrected chi connectivity index (χ4v) is 6.65. The Hall–Kier alpha value is -3.46. The van der Waals surface area contributed by atoms with Crippen LogP contribution in [0.1, 0.15) is 38.5 Å². The molecule has 3 aliphatic heterocycles. The van der Waals surface area contributed by atoms with E-state index < -0.39 is 0 Å². The number of rotatable bonds is 4. The molecule has 0 aliphatic carbocycles. The number of non-ortho nitro benzene ring substituents is 1. The number of aromatic nitrogens is 2. The Morgan fingerprint density at radius 1 is 0.865 bits per heavy atom. The topological polar surface area (TPSA) is 98.6 Å². The predicted molar refractivity (Wildman–Crippen MR) is 145 cm³/mol. The molecule has 37 heavy (non-hydrogen) atoms. The van der Waals surface area contributed by atoms with E-state index in [4.69, 9.17) is 0 Å². The monoisotopic (exact) mass is 502 g/mol. The van der Waals surface area contributed by atoms with Gasteiger partial charge in [0.05, 0.1) is 16.5 Å². The van der Waals surface area contributed by atoms with E-state index in [0.29, 0.717) is 16.8 Å². The van der Waals surface area contributed by atoms with Crippen LogP contribution in [0.2, 0.25) is 0 Å². The van der Waals surface area contributed by atoms with Gasteiger partial charge in [0.1, 0.15) is 0 Å². The summed E-state index contributed by atoms with van der Waals surface area (Å²) in [7, 11) is 0. The molecule has 0 saturated carbocycles. The summed E-state index contributed by atoms with van der Waals surface area (Å²) < 4.78 is 0. The van der Waals surface area contributed by atoms with Gasteiger partial charge in [0.15, 0.2) is 0 Å². The van der Waals surface area contributed by atoms with Gasteiger partial charge in [0.2, 0.25) is 0 Å². The van der Waals surface area contributed by atoms with E-state index in [-0.39, 0.29) is 16.2 Å². The third kappa shape index (κ3) is 4.80. The minimum atomic E-state index is -0.341. The van der Waals surface area contributed by atoms with E-state index >= 15 is 0 Å². The molecule has 9 nitrogen and oxygen atoms in total. The third-order valence-corrected chi connectivity index (χ3v) is 9.11. The smallest absolute Gasteiger partial charge is 0.272 e. The maximum absolute atomic E-state index is 12.2. The molecule has 3 aromatic rings. The van der Waals surface area contributed by atoms with Crippen molar-refractivity contribution in [1.82, 2.24) is 15.1 Å². The summed E-state index contributed by atoms with van der Waals surface area (Å²) >= 11 is 0. The summed E-state index contributed by atoms with van der Waals surface area (Å²) in [6.45, 7) is 6.46. The first-order valence-corrected chi connectivity index (χ1v) is 13.5. The number of hydrogen-bond acceptors (Lipinski definition) is 7. The zero-order valence-corrected chi connectivity index (χ0v) is 21.1. The van der Waals surface area contributed by atoms with Gasteiger partial charge in [-0.15, -0.1) is 0 Å². The lowest BCUT2D eigenvalue weighted by Gasteiger charge is -2.50. The number of aromatic amines is 1. The molecule has 0 atom stereocenters. The fourth-order valence-electron chi connectivity index (χ4n) is 6.65. The molecule has 3 aliphatic rings. The fraction of sp³-hybridized carbons (Fsp3) is 0.500. The second-order valence-electron chi connectivity index (χ2n) is 11.0. The van der Waals surface area contributed by atoms with E-state index in [1.807, 2.05) is 24.3 Å². The molecule has 1 N–H and O–H groups in total. The van der Waals surface area contributed by atoms with Gasteiger partial charge in [-0.05, 0) is 81.3 Å². The summed E-state index contributed by atoms with van der Waals surface area (Å²) in [6.07, 6.45) is 8.97. The van der Waals surface area contributed by atoms with Crippen molar-refractivity contribution in [3.05, 3.63) is 69.1 Å². The first-order chi connectivity index (χ1) is 18.0. The number of nitro benzene ring substituents is 1. The number of benzene rings is 2. The summed E-state index contributed by atoms with van der Waals surface area (Å²) in [5.41, 5.74) is 2.69. The number of hydrogen-bond donors (Lipinski definition) is 1. The lowest BCUT2D eigenvalue weighted by atomic mass is 9.71. The summed E-state index contributed by atoms with van der Waals surface area (Å²) in [4.78, 5) is 30.3. The number of likely N-dealkylation sites (tertiary alicyclic amines) is 1. The molecule has 0 radical (unpaired) electrons. The van der Waals surface area contributed by atoms with E-state index in [2.05, 4.69) is 31.0 Å². The van der Waals surface area contributed by atoms with Crippen LogP contribution in [0.3, 0.4) is 0 Å². The molecule has 3 saturated heterocycles. The van der Waals surface area contributed by atoms with Crippen LogP contribution in [0.25, 0.3) is 10.8 Å². The summed E-state index contributed by atoms with van der Waals surface area (Å²) in [6, 6.07) is 13.7. The lowest BCUT2D eigenvalue weighted by molar-refractivity contribution is -0.384. The van der Waals surface area contributed by atoms with Gasteiger partial charge < -0.3 is 14.7 Å². The summed E-state index contributed by atoms with van der Waals surface area (Å²) in [5, 5.41) is 19.0. The number of nitro groups is 1. The standard InChI is InChI=1S/C28H34N6O3/c35-27-26-19-25(2-1-21(26)20-29-30-27)33-17-11-28(12-18-33)9-15-32(16-10-28)23-7-13-31(14-8-23)22-3-5-24(6-4-22)34(36)37/h1-6,19-20,23H,7-18H2,(H,30,35). The molecule has 4 heterocycles. The number of nitrogens with zero attached hydrogens (tertiary/aromatic N) is 5. The average molecular weight is 503 g/mol. The van der Waals surface area contributed by atoms with Crippen LogP contribution in [0.4, 0.5) is 17.1 Å². The Labute approximate surface area is 216 Å². The predicted octanol–water partition coefficient (Wildman–Crippen LogP) is 4.18. The SMILES string of the molecule is O=c1[nH]ncc2ccc(N3CCC4(CC3)CCN(C3CCN(c5ccc([N+](=O)[O-])cc5)CC3)CC4)cc12. The van der Waals surface area contributed by atoms with Gasteiger partial charge >= 0.3 is 0 Å². The van der Waals surface area contributed by atoms with Crippen molar-refractivity contribution in [2.45, 2.75) is 44.6 Å². The molecule has 1 aromatic heterocycles. The van der Waals surface area contributed by atoms with Crippen LogP contribution in [0.15, 0.2) is 53.5 Å². The van der Waals surface area contributed by atoms with Gasteiger partial charge in [-0.25, -0.2) is 5.10 Å². The van der Waals surface area contributed by atoms with Gasteiger partial charge in [-0.1, -0.05) is 6.07 Å². The number of anilines is 2. The molecular formula is C28H34N6O3. The lowest BCUT2D eigenvalue weighted by Crippen LogP contribution is -2.52. The van der Waals surface area contributed by atoms with Crippen molar-refractivity contribution < 1.29 is 4.92 Å². The van der Waals surface area contributed by atoms with Crippen LogP contribution >= 0.6 is 0 Å². The zero-order chi connectivity index (χ0) is 25.4. The second kappa shape index (κ2) is 9.78. The van der Waals surface area contributed by atoms with Crippen molar-refractivity contribution in [2.24, 2.45) is 5.41 Å². The van der Waals surface area contributed by atoms with E-state index in [1.54, 1.807) is 18.3 Å². The maximum atomic E-state index is 12.2. The van der Waals surface area contributed by atoms with Gasteiger partial charge in [0, 0.05) is 61.1 Å². The van der Waals surface area contributed by atoms with Crippen molar-refractivity contribution >= 4 is 27.8 Å². The third-order valence-electron chi connectivity index (χ3n) is 9.11. The van der Waals surface area contributed by atoms with Crippen molar-refractivity contribution in [2.75, 3.05) is 49.1 Å². The molecule has 0 unspecified atom stereocenters. The largest absolute Gasteiger partial charge is 0.371 e. The molecule has 0 bridgehead atoms. The highest BCUT2D eigenvalue weighted by Crippen LogP contribution is 2.43. The van der Waals surface area contributed by atoms with Crippen LogP contribution < -0.4 is 15.4 Å². The van der Waals surface area contributed by atoms with Gasteiger partial charge in [-0.2, -0.15) is 5.10 Å². The van der Waals surface area contributed by atoms with Crippen LogP contribution in [0.5, 0.6) is 0 Å². The van der Waals surface area contributed by atoms with E-state index in [1.165, 1.54) is 38.8 Å². The first kappa shape index (κ1) is 23.9. The number of H-pyrrole nitrogens is 1. The molecule has 1 spiro atoms. The Balaban J connectivity index is 1.00. The van der Waals surface area contributed by atoms with Crippen LogP contribution in [-0.2, 0) is 0 Å². The van der Waals surface area contributed by atoms with Crippen molar-refractivity contribution in [3.63, 3.8) is 0 Å². The minimum Gasteiger partial charge on any atom is -0.371 e. The van der Waals surface area contributed by atoms with Crippen LogP contribution in [-0.4, -0.2) is 65.3 Å². The Kier molecular flexibility index (Phi) is 6.32. The molecule has 6 rings (SSSR count). The average Bonchev–Trinajstić information content (AvgIpc) is 2.94. The Bertz CT molecular complexity index is 1310. The van der Waals surface area contributed by atoms with Gasteiger partial charge in [0.25, 0.3) is 11.2 Å². The zero-order valence-electron chi connectivity index (χ0n) is 21.1. The Morgan fingerprint density at radius 2 is 1.49 bits per heavy atom. The number of piperidine rings is 3. The van der Waals surface area contributed by atoms with Crippen molar-refractivity contribution in [3.8, 4) is 0 Å². The quantitative estimate of drug-likeness (QED) is 0.422. The molecule has 2 aromatic carbocycles. The minimum absolute atomic E-state index is 0.126. The maximum Gasteiger partial charge on any atom is 0.272 e. The highest BCUT2D eigenvalue weighted by Gasteiger charge is 2.39.